The molecule has 0 unspecified atom stereocenters. The summed E-state index contributed by atoms with van der Waals surface area (Å²) in [4.78, 5) is -0.0800. The molecular weight excluding hydrogens is 286 g/mol. The van der Waals surface area contributed by atoms with Gasteiger partial charge in [-0.05, 0) is 23.4 Å². The summed E-state index contributed by atoms with van der Waals surface area (Å²) < 4.78 is 29.5. The van der Waals surface area contributed by atoms with Crippen LogP contribution < -0.4 is 10.5 Å². The number of hydrogen-bond donors (Lipinski definition) is 2. The molecule has 0 saturated carbocycles. The molecule has 1 heterocycles. The van der Waals surface area contributed by atoms with Gasteiger partial charge in [-0.1, -0.05) is 21.2 Å². The van der Waals surface area contributed by atoms with E-state index in [1.54, 1.807) is 0 Å². The lowest BCUT2D eigenvalue weighted by atomic mass is 10.3. The first-order chi connectivity index (χ1) is 7.99. The molecule has 17 heavy (non-hydrogen) atoms. The zero-order valence-corrected chi connectivity index (χ0v) is 10.6. The minimum atomic E-state index is -3.80. The van der Waals surface area contributed by atoms with Gasteiger partial charge in [-0.15, -0.1) is 0 Å². The largest absolute Gasteiger partial charge is 0.399 e. The molecule has 0 spiro atoms. The van der Waals surface area contributed by atoms with Gasteiger partial charge in [0, 0.05) is 17.2 Å². The van der Waals surface area contributed by atoms with Crippen LogP contribution in [0.1, 0.15) is 0 Å². The molecule has 0 amide bonds. The molecular formula is C7H6ClN5O2S2. The van der Waals surface area contributed by atoms with E-state index in [4.69, 9.17) is 17.3 Å². The molecule has 2 rings (SSSR count). The SMILES string of the molecule is Nc1ccc(S(=O)(=O)Nc2nnns2)c(Cl)c1. The van der Waals surface area contributed by atoms with Crippen LogP contribution in [0.15, 0.2) is 23.1 Å². The fraction of sp³-hybridized carbons (Fsp3) is 0. The maximum Gasteiger partial charge on any atom is 0.265 e. The summed E-state index contributed by atoms with van der Waals surface area (Å²) in [6.07, 6.45) is 0. The number of nitrogens with zero attached hydrogens (tertiary/aromatic N) is 3. The average Bonchev–Trinajstić information content (AvgIpc) is 2.68. The summed E-state index contributed by atoms with van der Waals surface area (Å²) in [5, 5.41) is 6.85. The second kappa shape index (κ2) is 4.43. The molecule has 3 N–H and O–H groups in total. The molecule has 0 aliphatic carbocycles. The van der Waals surface area contributed by atoms with Gasteiger partial charge < -0.3 is 5.73 Å². The van der Waals surface area contributed by atoms with E-state index < -0.39 is 10.0 Å². The zero-order chi connectivity index (χ0) is 12.5. The number of aromatic nitrogens is 3. The summed E-state index contributed by atoms with van der Waals surface area (Å²) in [7, 11) is -3.80. The minimum Gasteiger partial charge on any atom is -0.399 e. The Balaban J connectivity index is 2.38. The summed E-state index contributed by atoms with van der Waals surface area (Å²) in [5.41, 5.74) is 5.86. The highest BCUT2D eigenvalue weighted by Gasteiger charge is 2.19. The van der Waals surface area contributed by atoms with Crippen molar-refractivity contribution in [2.45, 2.75) is 4.90 Å². The van der Waals surface area contributed by atoms with E-state index in [0.29, 0.717) is 5.69 Å². The molecule has 0 fully saturated rings. The maximum atomic E-state index is 11.9. The summed E-state index contributed by atoms with van der Waals surface area (Å²) in [5.74, 6) is 0. The molecule has 0 aliphatic heterocycles. The second-order valence-electron chi connectivity index (χ2n) is 2.96. The van der Waals surface area contributed by atoms with Gasteiger partial charge in [-0.25, -0.2) is 8.42 Å². The van der Waals surface area contributed by atoms with Crippen molar-refractivity contribution < 1.29 is 8.42 Å². The van der Waals surface area contributed by atoms with E-state index in [1.807, 2.05) is 0 Å². The predicted octanol–water partition coefficient (Wildman–Crippen LogP) is 0.970. The van der Waals surface area contributed by atoms with Gasteiger partial charge in [0.15, 0.2) is 0 Å². The highest BCUT2D eigenvalue weighted by Crippen LogP contribution is 2.25. The number of nitrogen functional groups attached to an aromatic ring is 1. The smallest absolute Gasteiger partial charge is 0.265 e. The van der Waals surface area contributed by atoms with Crippen LogP contribution in [0.4, 0.5) is 10.8 Å². The van der Waals surface area contributed by atoms with Crippen molar-refractivity contribution in [1.29, 1.82) is 0 Å². The highest BCUT2D eigenvalue weighted by molar-refractivity contribution is 7.93. The monoisotopic (exact) mass is 291 g/mol. The third-order valence-electron chi connectivity index (χ3n) is 1.77. The van der Waals surface area contributed by atoms with E-state index in [2.05, 4.69) is 19.5 Å². The number of nitrogens with one attached hydrogen (secondary N) is 1. The molecule has 0 saturated heterocycles. The summed E-state index contributed by atoms with van der Waals surface area (Å²) in [6, 6.07) is 4.11. The van der Waals surface area contributed by atoms with Crippen LogP contribution in [0.5, 0.6) is 0 Å². The fourth-order valence-electron chi connectivity index (χ4n) is 1.08. The van der Waals surface area contributed by atoms with Gasteiger partial charge in [-0.3, -0.25) is 4.72 Å². The third kappa shape index (κ3) is 2.62. The van der Waals surface area contributed by atoms with E-state index in [9.17, 15) is 8.42 Å². The van der Waals surface area contributed by atoms with Gasteiger partial charge in [0.2, 0.25) is 5.13 Å². The molecule has 90 valence electrons. The van der Waals surface area contributed by atoms with E-state index in [0.717, 1.165) is 11.5 Å². The fourth-order valence-corrected chi connectivity index (χ4v) is 3.22. The van der Waals surface area contributed by atoms with E-state index in [1.165, 1.54) is 18.2 Å². The first-order valence-corrected chi connectivity index (χ1v) is 6.85. The Morgan fingerprint density at radius 3 is 2.76 bits per heavy atom. The van der Waals surface area contributed by atoms with Crippen LogP contribution in [0.3, 0.4) is 0 Å². The summed E-state index contributed by atoms with van der Waals surface area (Å²) in [6.45, 7) is 0. The molecule has 1 aromatic carbocycles. The Hall–Kier alpha value is -1.45. The number of halogens is 1. The first-order valence-electron chi connectivity index (χ1n) is 4.22. The zero-order valence-electron chi connectivity index (χ0n) is 8.16. The van der Waals surface area contributed by atoms with Gasteiger partial charge in [0.05, 0.1) is 5.02 Å². The standard InChI is InChI=1S/C7H6ClN5O2S2/c8-5-3-4(9)1-2-6(5)17(14,15)11-7-10-12-13-16-7/h1-3H,9H2,(H,10,11,13). The number of anilines is 2. The topological polar surface area (TPSA) is 111 Å². The van der Waals surface area contributed by atoms with Crippen LogP contribution in [0, 0.1) is 0 Å². The quantitative estimate of drug-likeness (QED) is 0.815. The normalized spacial score (nSPS) is 11.4. The number of hydrogen-bond acceptors (Lipinski definition) is 7. The molecule has 0 atom stereocenters. The Bertz CT molecular complexity index is 628. The van der Waals surface area contributed by atoms with Gasteiger partial charge in [0.1, 0.15) is 4.90 Å². The van der Waals surface area contributed by atoms with Crippen LogP contribution in [0.2, 0.25) is 5.02 Å². The van der Waals surface area contributed by atoms with Crippen molar-refractivity contribution in [1.82, 2.24) is 14.8 Å². The van der Waals surface area contributed by atoms with Gasteiger partial charge >= 0.3 is 0 Å². The molecule has 2 aromatic rings. The molecule has 0 aliphatic rings. The van der Waals surface area contributed by atoms with Gasteiger partial charge in [-0.2, -0.15) is 0 Å². The van der Waals surface area contributed by atoms with E-state index in [-0.39, 0.29) is 15.0 Å². The second-order valence-corrected chi connectivity index (χ2v) is 5.75. The van der Waals surface area contributed by atoms with Crippen molar-refractivity contribution >= 4 is 44.0 Å². The highest BCUT2D eigenvalue weighted by atomic mass is 35.5. The molecule has 0 radical (unpaired) electrons. The van der Waals surface area contributed by atoms with Crippen LogP contribution >= 0.6 is 23.1 Å². The van der Waals surface area contributed by atoms with Crippen molar-refractivity contribution in [3.05, 3.63) is 23.2 Å². The van der Waals surface area contributed by atoms with Gasteiger partial charge in [0.25, 0.3) is 10.0 Å². The number of sulfonamides is 1. The first kappa shape index (κ1) is 12.0. The lowest BCUT2D eigenvalue weighted by molar-refractivity contribution is 0.601. The lowest BCUT2D eigenvalue weighted by Crippen LogP contribution is -2.13. The Labute approximate surface area is 106 Å². The van der Waals surface area contributed by atoms with Crippen molar-refractivity contribution in [2.75, 3.05) is 10.5 Å². The van der Waals surface area contributed by atoms with Crippen LogP contribution in [0.25, 0.3) is 0 Å². The van der Waals surface area contributed by atoms with Crippen LogP contribution in [-0.4, -0.2) is 23.2 Å². The number of rotatable bonds is 3. The Morgan fingerprint density at radius 2 is 2.18 bits per heavy atom. The van der Waals surface area contributed by atoms with Crippen molar-refractivity contribution in [3.63, 3.8) is 0 Å². The Kier molecular flexibility index (Phi) is 3.13. The maximum absolute atomic E-state index is 11.9. The van der Waals surface area contributed by atoms with E-state index >= 15 is 0 Å². The lowest BCUT2D eigenvalue weighted by Gasteiger charge is -2.06. The molecule has 0 bridgehead atoms. The molecule has 1 aromatic heterocycles. The number of benzene rings is 1. The third-order valence-corrected chi connectivity index (χ3v) is 4.23. The summed E-state index contributed by atoms with van der Waals surface area (Å²) >= 11 is 6.63. The minimum absolute atomic E-state index is 0.0370. The average molecular weight is 292 g/mol. The van der Waals surface area contributed by atoms with Crippen molar-refractivity contribution in [2.24, 2.45) is 0 Å². The number of nitrogens with two attached hydrogens (primary N) is 1. The van der Waals surface area contributed by atoms with Crippen molar-refractivity contribution in [3.8, 4) is 0 Å². The Morgan fingerprint density at radius 1 is 1.41 bits per heavy atom. The predicted molar refractivity (Wildman–Crippen MR) is 64.4 cm³/mol. The molecule has 10 heteroatoms. The van der Waals surface area contributed by atoms with Crippen LogP contribution in [-0.2, 0) is 10.0 Å². The molecule has 7 nitrogen and oxygen atoms in total.